The van der Waals surface area contributed by atoms with Gasteiger partial charge in [0.25, 0.3) is 0 Å². The number of halogens is 1. The Balaban J connectivity index is 1.51. The number of fused-ring (bicyclic) bond motifs is 1. The van der Waals surface area contributed by atoms with Crippen molar-refractivity contribution in [3.63, 3.8) is 0 Å². The van der Waals surface area contributed by atoms with Crippen LogP contribution in [-0.2, 0) is 4.74 Å². The number of methoxy groups -OCH3 is 1. The fourth-order valence-electron chi connectivity index (χ4n) is 5.16. The second kappa shape index (κ2) is 9.50. The number of carbonyl (C=O) groups excluding carboxylic acids is 2. The zero-order valence-corrected chi connectivity index (χ0v) is 20.7. The number of aromatic nitrogens is 2. The van der Waals surface area contributed by atoms with Gasteiger partial charge in [-0.1, -0.05) is 25.4 Å². The van der Waals surface area contributed by atoms with Crippen molar-refractivity contribution in [3.05, 3.63) is 23.0 Å². The molecule has 2 aliphatic rings. The monoisotopic (exact) mass is 475 g/mol. The molecule has 4 rings (SSSR count). The molecule has 0 bridgehead atoms. The lowest BCUT2D eigenvalue weighted by atomic mass is 9.71. The summed E-state index contributed by atoms with van der Waals surface area (Å²) in [5, 5.41) is 3.50. The van der Waals surface area contributed by atoms with Crippen LogP contribution in [0, 0.1) is 5.41 Å². The summed E-state index contributed by atoms with van der Waals surface area (Å²) in [6.45, 7) is 10.4. The molecule has 1 saturated heterocycles. The summed E-state index contributed by atoms with van der Waals surface area (Å²) >= 11 is 6.67. The van der Waals surface area contributed by atoms with E-state index >= 15 is 0 Å². The Kier molecular flexibility index (Phi) is 6.86. The lowest BCUT2D eigenvalue weighted by molar-refractivity contribution is 0.0715. The average Bonchev–Trinajstić information content (AvgIpc) is 3.22. The summed E-state index contributed by atoms with van der Waals surface area (Å²) in [5.41, 5.74) is 2.00. The minimum atomic E-state index is -0.514. The molecule has 1 aromatic heterocycles. The van der Waals surface area contributed by atoms with E-state index in [1.54, 1.807) is 0 Å². The number of ether oxygens (including phenoxy) is 1. The number of alkyl carbamates (subject to hydrolysis) is 1. The van der Waals surface area contributed by atoms with E-state index in [0.29, 0.717) is 35.2 Å². The number of benzene rings is 1. The molecule has 1 aliphatic carbocycles. The van der Waals surface area contributed by atoms with Gasteiger partial charge >= 0.3 is 6.09 Å². The van der Waals surface area contributed by atoms with Gasteiger partial charge in [-0.15, -0.1) is 0 Å². The fraction of sp³-hybridized carbons (Fsp3) is 0.625. The van der Waals surface area contributed by atoms with Crippen molar-refractivity contribution in [3.8, 4) is 0 Å². The average molecular weight is 476 g/mol. The van der Waals surface area contributed by atoms with E-state index in [2.05, 4.69) is 43.7 Å². The highest BCUT2D eigenvalue weighted by molar-refractivity contribution is 6.34. The van der Waals surface area contributed by atoms with E-state index in [1.165, 1.54) is 7.11 Å². The van der Waals surface area contributed by atoms with Crippen LogP contribution in [0.4, 0.5) is 10.5 Å². The topological polar surface area (TPSA) is 90.6 Å². The molecule has 2 N–H and O–H groups in total. The maximum absolute atomic E-state index is 13.4. The van der Waals surface area contributed by atoms with Gasteiger partial charge in [0, 0.05) is 37.1 Å². The molecule has 8 nitrogen and oxygen atoms in total. The first-order valence-electron chi connectivity index (χ1n) is 11.8. The largest absolute Gasteiger partial charge is 0.453 e. The maximum Gasteiger partial charge on any atom is 0.407 e. The Morgan fingerprint density at radius 1 is 1.30 bits per heavy atom. The number of piperazine rings is 1. The first-order chi connectivity index (χ1) is 15.7. The number of imidazole rings is 1. The molecule has 1 aliphatic heterocycles. The zero-order chi connectivity index (χ0) is 23.8. The number of nitrogens with one attached hydrogen (secondary N) is 2. The van der Waals surface area contributed by atoms with Crippen LogP contribution >= 0.6 is 11.6 Å². The number of Topliss-reactive ketones (excluding diaryl/α,β-unsaturated/α-hetero) is 1. The summed E-state index contributed by atoms with van der Waals surface area (Å²) in [5.74, 6) is 0.391. The third-order valence-corrected chi connectivity index (χ3v) is 7.68. The van der Waals surface area contributed by atoms with Crippen molar-refractivity contribution in [2.24, 2.45) is 5.41 Å². The van der Waals surface area contributed by atoms with Gasteiger partial charge in [0.2, 0.25) is 5.78 Å². The summed E-state index contributed by atoms with van der Waals surface area (Å²) < 4.78 is 4.69. The molecule has 1 amide bonds. The standard InChI is InChI=1S/C24H34ClN5O3/c1-5-29-10-11-30(15(2)14-29)20-13-19-18(12-17(20)25)27-22(28-19)21(31)24(3)8-6-16(7-9-24)26-23(32)33-4/h12-13,15-16H,5-11,14H2,1-4H3,(H,26,32)(H,27,28)/t15-,16?,24?/m1/s1. The minimum absolute atomic E-state index is 0.0119. The van der Waals surface area contributed by atoms with Crippen molar-refractivity contribution in [1.29, 1.82) is 0 Å². The number of rotatable bonds is 5. The van der Waals surface area contributed by atoms with Gasteiger partial charge in [0.05, 0.1) is 28.9 Å². The lowest BCUT2D eigenvalue weighted by Crippen LogP contribution is -2.51. The molecule has 1 aromatic carbocycles. The number of carbonyl (C=O) groups is 2. The van der Waals surface area contributed by atoms with Gasteiger partial charge < -0.3 is 19.9 Å². The Bertz CT molecular complexity index is 1030. The predicted molar refractivity (Wildman–Crippen MR) is 130 cm³/mol. The third kappa shape index (κ3) is 4.82. The maximum atomic E-state index is 13.4. The van der Waals surface area contributed by atoms with Crippen LogP contribution < -0.4 is 10.2 Å². The van der Waals surface area contributed by atoms with Crippen LogP contribution in [0.1, 0.15) is 57.1 Å². The Hall–Kier alpha value is -2.32. The van der Waals surface area contributed by atoms with Crippen molar-refractivity contribution in [2.45, 2.75) is 58.5 Å². The van der Waals surface area contributed by atoms with Crippen LogP contribution in [0.25, 0.3) is 11.0 Å². The Morgan fingerprint density at radius 2 is 2.03 bits per heavy atom. The van der Waals surface area contributed by atoms with E-state index in [4.69, 9.17) is 11.6 Å². The number of likely N-dealkylation sites (N-methyl/N-ethyl adjacent to an activating group) is 1. The van der Waals surface area contributed by atoms with Gasteiger partial charge in [-0.05, 0) is 51.3 Å². The van der Waals surface area contributed by atoms with Crippen molar-refractivity contribution < 1.29 is 14.3 Å². The van der Waals surface area contributed by atoms with E-state index in [0.717, 1.165) is 50.2 Å². The van der Waals surface area contributed by atoms with Gasteiger partial charge in [-0.25, -0.2) is 9.78 Å². The molecule has 2 fully saturated rings. The summed E-state index contributed by atoms with van der Waals surface area (Å²) in [4.78, 5) is 37.5. The molecular formula is C24H34ClN5O3. The normalized spacial score (nSPS) is 26.4. The number of aromatic amines is 1. The second-order valence-electron chi connectivity index (χ2n) is 9.64. The Morgan fingerprint density at radius 3 is 2.67 bits per heavy atom. The minimum Gasteiger partial charge on any atom is -0.453 e. The highest BCUT2D eigenvalue weighted by Gasteiger charge is 2.40. The molecule has 180 valence electrons. The molecule has 2 heterocycles. The number of anilines is 1. The fourth-order valence-corrected chi connectivity index (χ4v) is 5.43. The van der Waals surface area contributed by atoms with E-state index in [9.17, 15) is 9.59 Å². The Labute approximate surface area is 200 Å². The SMILES string of the molecule is CCN1CCN(c2cc3[nH]c(C(=O)C4(C)CCC(NC(=O)OC)CC4)nc3cc2Cl)[C@H](C)C1. The van der Waals surface area contributed by atoms with Crippen molar-refractivity contribution in [1.82, 2.24) is 20.2 Å². The van der Waals surface area contributed by atoms with Gasteiger partial charge in [0.15, 0.2) is 5.82 Å². The van der Waals surface area contributed by atoms with E-state index in [-0.39, 0.29) is 11.8 Å². The lowest BCUT2D eigenvalue weighted by Gasteiger charge is -2.41. The zero-order valence-electron chi connectivity index (χ0n) is 19.9. The highest BCUT2D eigenvalue weighted by atomic mass is 35.5. The summed E-state index contributed by atoms with van der Waals surface area (Å²) in [6.07, 6.45) is 2.40. The molecule has 2 aromatic rings. The molecule has 0 radical (unpaired) electrons. The molecule has 0 spiro atoms. The molecule has 0 unspecified atom stereocenters. The molecule has 9 heteroatoms. The van der Waals surface area contributed by atoms with Crippen LogP contribution in [0.15, 0.2) is 12.1 Å². The summed E-state index contributed by atoms with van der Waals surface area (Å²) in [6, 6.07) is 4.27. The number of hydrogen-bond acceptors (Lipinski definition) is 6. The smallest absolute Gasteiger partial charge is 0.407 e. The number of ketones is 1. The van der Waals surface area contributed by atoms with Gasteiger partial charge in [-0.3, -0.25) is 9.69 Å². The first-order valence-corrected chi connectivity index (χ1v) is 12.2. The molecule has 33 heavy (non-hydrogen) atoms. The van der Waals surface area contributed by atoms with Crippen LogP contribution in [0.3, 0.4) is 0 Å². The first kappa shape index (κ1) is 23.8. The molecule has 1 saturated carbocycles. The number of H-pyrrole nitrogens is 1. The number of nitrogens with zero attached hydrogens (tertiary/aromatic N) is 3. The van der Waals surface area contributed by atoms with Gasteiger partial charge in [0.1, 0.15) is 0 Å². The van der Waals surface area contributed by atoms with Gasteiger partial charge in [-0.2, -0.15) is 0 Å². The van der Waals surface area contributed by atoms with E-state index in [1.807, 2.05) is 19.1 Å². The molecule has 1 atom stereocenters. The summed E-state index contributed by atoms with van der Waals surface area (Å²) in [7, 11) is 1.36. The van der Waals surface area contributed by atoms with Crippen molar-refractivity contribution in [2.75, 3.05) is 38.2 Å². The predicted octanol–water partition coefficient (Wildman–Crippen LogP) is 4.23. The third-order valence-electron chi connectivity index (χ3n) is 7.38. The van der Waals surface area contributed by atoms with Crippen LogP contribution in [0.5, 0.6) is 0 Å². The van der Waals surface area contributed by atoms with Crippen LogP contribution in [-0.4, -0.2) is 72.1 Å². The van der Waals surface area contributed by atoms with Crippen molar-refractivity contribution >= 4 is 40.2 Å². The van der Waals surface area contributed by atoms with Crippen LogP contribution in [0.2, 0.25) is 5.02 Å². The number of amides is 1. The quantitative estimate of drug-likeness (QED) is 0.629. The number of hydrogen-bond donors (Lipinski definition) is 2. The molecular weight excluding hydrogens is 442 g/mol. The van der Waals surface area contributed by atoms with E-state index < -0.39 is 11.5 Å². The highest BCUT2D eigenvalue weighted by Crippen LogP contribution is 2.39. The second-order valence-corrected chi connectivity index (χ2v) is 10.0.